The molecule has 2 N–H and O–H groups in total. The molecular formula is C14H26N2S. The third-order valence-corrected chi connectivity index (χ3v) is 4.41. The van der Waals surface area contributed by atoms with Gasteiger partial charge in [-0.25, -0.2) is 0 Å². The van der Waals surface area contributed by atoms with Crippen LogP contribution in [0.5, 0.6) is 0 Å². The van der Waals surface area contributed by atoms with Crippen molar-refractivity contribution in [3.63, 3.8) is 0 Å². The molecule has 0 radical (unpaired) electrons. The first kappa shape index (κ1) is 14.7. The largest absolute Gasteiger partial charge is 0.404 e. The Kier molecular flexibility index (Phi) is 6.75. The van der Waals surface area contributed by atoms with Gasteiger partial charge in [0, 0.05) is 30.7 Å². The molecule has 0 atom stereocenters. The smallest absolute Gasteiger partial charge is 0.0308 e. The number of thioether (sulfide) groups is 1. The van der Waals surface area contributed by atoms with Crippen LogP contribution >= 0.6 is 11.8 Å². The highest BCUT2D eigenvalue weighted by molar-refractivity contribution is 8.03. The van der Waals surface area contributed by atoms with Crippen LogP contribution in [0.4, 0.5) is 0 Å². The van der Waals surface area contributed by atoms with Crippen molar-refractivity contribution in [2.75, 3.05) is 25.4 Å². The summed E-state index contributed by atoms with van der Waals surface area (Å²) in [6.45, 7) is 10.1. The topological polar surface area (TPSA) is 29.3 Å². The van der Waals surface area contributed by atoms with Crippen molar-refractivity contribution >= 4 is 11.8 Å². The zero-order valence-electron chi connectivity index (χ0n) is 11.5. The van der Waals surface area contributed by atoms with E-state index in [1.54, 1.807) is 17.3 Å². The van der Waals surface area contributed by atoms with E-state index in [-0.39, 0.29) is 0 Å². The van der Waals surface area contributed by atoms with E-state index in [1.807, 2.05) is 11.8 Å². The Hall–Kier alpha value is -0.410. The zero-order valence-corrected chi connectivity index (χ0v) is 12.3. The first-order chi connectivity index (χ1) is 8.21. The molecule has 0 unspecified atom stereocenters. The van der Waals surface area contributed by atoms with Crippen molar-refractivity contribution in [2.24, 2.45) is 5.73 Å². The molecule has 0 bridgehead atoms. The quantitative estimate of drug-likeness (QED) is 0.763. The molecule has 0 aromatic rings. The predicted molar refractivity (Wildman–Crippen MR) is 79.1 cm³/mol. The van der Waals surface area contributed by atoms with E-state index in [0.29, 0.717) is 0 Å². The highest BCUT2D eigenvalue weighted by Gasteiger charge is 2.15. The lowest BCUT2D eigenvalue weighted by Gasteiger charge is -2.29. The maximum Gasteiger partial charge on any atom is 0.0308 e. The van der Waals surface area contributed by atoms with Gasteiger partial charge >= 0.3 is 0 Å². The third-order valence-electron chi connectivity index (χ3n) is 3.49. The molecule has 2 nitrogen and oxygen atoms in total. The molecule has 0 aliphatic carbocycles. The van der Waals surface area contributed by atoms with Gasteiger partial charge in [-0.15, -0.1) is 11.8 Å². The van der Waals surface area contributed by atoms with Crippen molar-refractivity contribution < 1.29 is 0 Å². The van der Waals surface area contributed by atoms with E-state index in [2.05, 4.69) is 25.7 Å². The van der Waals surface area contributed by atoms with Crippen LogP contribution in [0.15, 0.2) is 22.3 Å². The molecule has 0 aromatic carbocycles. The van der Waals surface area contributed by atoms with Gasteiger partial charge in [-0.05, 0) is 31.9 Å². The van der Waals surface area contributed by atoms with Crippen molar-refractivity contribution in [1.82, 2.24) is 4.90 Å². The van der Waals surface area contributed by atoms with Crippen LogP contribution in [-0.2, 0) is 0 Å². The number of rotatable bonds is 5. The van der Waals surface area contributed by atoms with Gasteiger partial charge in [0.1, 0.15) is 0 Å². The van der Waals surface area contributed by atoms with Gasteiger partial charge in [0.15, 0.2) is 0 Å². The molecule has 0 saturated carbocycles. The van der Waals surface area contributed by atoms with Crippen molar-refractivity contribution in [3.05, 3.63) is 22.3 Å². The van der Waals surface area contributed by atoms with E-state index in [4.69, 9.17) is 5.73 Å². The minimum atomic E-state index is 1.04. The summed E-state index contributed by atoms with van der Waals surface area (Å²) >= 11 is 1.86. The maximum atomic E-state index is 5.65. The Bertz CT molecular complexity index is 285. The molecule has 98 valence electrons. The summed E-state index contributed by atoms with van der Waals surface area (Å²) in [4.78, 5) is 3.83. The summed E-state index contributed by atoms with van der Waals surface area (Å²) < 4.78 is 0. The summed E-state index contributed by atoms with van der Waals surface area (Å²) in [6, 6.07) is 0. The maximum absolute atomic E-state index is 5.65. The molecule has 17 heavy (non-hydrogen) atoms. The van der Waals surface area contributed by atoms with Crippen LogP contribution in [0, 0.1) is 0 Å². The second kappa shape index (κ2) is 7.83. The number of hydrogen-bond donors (Lipinski definition) is 1. The van der Waals surface area contributed by atoms with Gasteiger partial charge in [0.25, 0.3) is 0 Å². The molecule has 0 amide bonds. The number of likely N-dealkylation sites (tertiary alicyclic amines) is 1. The predicted octanol–water partition coefficient (Wildman–Crippen LogP) is 3.36. The molecule has 1 fully saturated rings. The minimum absolute atomic E-state index is 1.04. The third kappa shape index (κ3) is 4.76. The fourth-order valence-electron chi connectivity index (χ4n) is 2.21. The van der Waals surface area contributed by atoms with Crippen LogP contribution in [0.3, 0.4) is 0 Å². The van der Waals surface area contributed by atoms with Crippen LogP contribution in [-0.4, -0.2) is 30.3 Å². The first-order valence-corrected chi connectivity index (χ1v) is 7.63. The Labute approximate surface area is 110 Å². The highest BCUT2D eigenvalue weighted by Crippen LogP contribution is 2.23. The summed E-state index contributed by atoms with van der Waals surface area (Å²) in [5.74, 6) is 1.11. The lowest BCUT2D eigenvalue weighted by atomic mass is 9.97. The highest BCUT2D eigenvalue weighted by atomic mass is 32.2. The summed E-state index contributed by atoms with van der Waals surface area (Å²) in [7, 11) is 0. The number of nitrogens with zero attached hydrogens (tertiary/aromatic N) is 1. The van der Waals surface area contributed by atoms with Gasteiger partial charge in [-0.1, -0.05) is 25.0 Å². The van der Waals surface area contributed by atoms with Gasteiger partial charge in [-0.2, -0.15) is 0 Å². The van der Waals surface area contributed by atoms with Crippen molar-refractivity contribution in [3.8, 4) is 0 Å². The summed E-state index contributed by atoms with van der Waals surface area (Å²) in [6.07, 6.45) is 5.47. The van der Waals surface area contributed by atoms with Crippen LogP contribution < -0.4 is 5.73 Å². The Morgan fingerprint density at radius 1 is 1.35 bits per heavy atom. The monoisotopic (exact) mass is 254 g/mol. The van der Waals surface area contributed by atoms with E-state index >= 15 is 0 Å². The molecule has 1 rings (SSSR count). The molecule has 1 aliphatic rings. The number of allylic oxidation sites excluding steroid dienone is 1. The Balaban J connectivity index is 2.42. The fourth-order valence-corrected chi connectivity index (χ4v) is 2.95. The van der Waals surface area contributed by atoms with Gasteiger partial charge < -0.3 is 5.73 Å². The number of nitrogens with two attached hydrogens (primary N) is 1. The summed E-state index contributed by atoms with van der Waals surface area (Å²) in [5.41, 5.74) is 8.94. The van der Waals surface area contributed by atoms with Crippen LogP contribution in [0.25, 0.3) is 0 Å². The molecule has 0 aromatic heterocycles. The SMILES string of the molecule is CCS/C(=C\N)CN1CCC(=C(C)CC)CC1. The summed E-state index contributed by atoms with van der Waals surface area (Å²) in [5, 5.41) is 0. The Morgan fingerprint density at radius 2 is 2.00 bits per heavy atom. The first-order valence-electron chi connectivity index (χ1n) is 6.64. The number of piperidine rings is 1. The van der Waals surface area contributed by atoms with Crippen LogP contribution in [0.2, 0.25) is 0 Å². The molecule has 1 heterocycles. The average Bonchev–Trinajstić information content (AvgIpc) is 2.38. The second-order valence-electron chi connectivity index (χ2n) is 4.58. The molecule has 1 aliphatic heterocycles. The van der Waals surface area contributed by atoms with E-state index in [1.165, 1.54) is 37.3 Å². The van der Waals surface area contributed by atoms with E-state index in [0.717, 1.165) is 12.3 Å². The molecular weight excluding hydrogens is 228 g/mol. The zero-order chi connectivity index (χ0) is 12.7. The minimum Gasteiger partial charge on any atom is -0.404 e. The van der Waals surface area contributed by atoms with Gasteiger partial charge in [-0.3, -0.25) is 4.90 Å². The lowest BCUT2D eigenvalue weighted by molar-refractivity contribution is 0.280. The molecule has 1 saturated heterocycles. The normalized spacial score (nSPS) is 18.5. The van der Waals surface area contributed by atoms with Gasteiger partial charge in [0.05, 0.1) is 0 Å². The Morgan fingerprint density at radius 3 is 2.47 bits per heavy atom. The molecule has 3 heteroatoms. The average molecular weight is 254 g/mol. The fraction of sp³-hybridized carbons (Fsp3) is 0.714. The van der Waals surface area contributed by atoms with Crippen LogP contribution in [0.1, 0.15) is 40.0 Å². The van der Waals surface area contributed by atoms with Crippen molar-refractivity contribution in [2.45, 2.75) is 40.0 Å². The van der Waals surface area contributed by atoms with Gasteiger partial charge in [0.2, 0.25) is 0 Å². The van der Waals surface area contributed by atoms with E-state index < -0.39 is 0 Å². The second-order valence-corrected chi connectivity index (χ2v) is 5.97. The lowest BCUT2D eigenvalue weighted by Crippen LogP contribution is -2.32. The number of hydrogen-bond acceptors (Lipinski definition) is 3. The standard InChI is InChI=1S/C14H26N2S/c1-4-12(3)13-6-8-16(9-7-13)11-14(10-15)17-5-2/h10H,4-9,11,15H2,1-3H3/b14-10-. The van der Waals surface area contributed by atoms with E-state index in [9.17, 15) is 0 Å². The van der Waals surface area contributed by atoms with Crippen molar-refractivity contribution in [1.29, 1.82) is 0 Å². The molecule has 0 spiro atoms.